The van der Waals surface area contributed by atoms with Gasteiger partial charge in [-0.3, -0.25) is 0 Å². The molecule has 0 unspecified atom stereocenters. The van der Waals surface area contributed by atoms with Crippen molar-refractivity contribution < 1.29 is 9.53 Å². The predicted molar refractivity (Wildman–Crippen MR) is 70.6 cm³/mol. The van der Waals surface area contributed by atoms with Gasteiger partial charge in [0.1, 0.15) is 16.2 Å². The first-order valence-corrected chi connectivity index (χ1v) is 6.19. The molecule has 0 aliphatic heterocycles. The molecule has 2 aromatic heterocycles. The average molecular weight is 295 g/mol. The topological polar surface area (TPSA) is 91.0 Å². The first-order chi connectivity index (χ1) is 9.16. The highest BCUT2D eigenvalue weighted by molar-refractivity contribution is 7.16. The molecule has 0 aliphatic carbocycles. The molecule has 2 heterocycles. The number of hydrogen-bond acceptors (Lipinski definition) is 6. The number of nitrogens with two attached hydrogens (primary N) is 1. The number of rotatable bonds is 2. The van der Waals surface area contributed by atoms with Gasteiger partial charge in [0.2, 0.25) is 0 Å². The van der Waals surface area contributed by atoms with Crippen LogP contribution in [0, 0.1) is 11.8 Å². The van der Waals surface area contributed by atoms with E-state index in [0.29, 0.717) is 9.88 Å². The number of carbonyl (C=O) groups is 1. The van der Waals surface area contributed by atoms with Crippen molar-refractivity contribution in [3.8, 4) is 22.4 Å². The molecule has 96 valence electrons. The number of thiazole rings is 1. The first kappa shape index (κ1) is 13.3. The SMILES string of the molecule is NC(=O)OCC#Cc1sc(-c2cncnc2)nc1Cl. The lowest BCUT2D eigenvalue weighted by atomic mass is 10.4. The molecule has 8 heteroatoms. The highest BCUT2D eigenvalue weighted by Crippen LogP contribution is 2.29. The fourth-order valence-electron chi connectivity index (χ4n) is 1.14. The zero-order valence-electron chi connectivity index (χ0n) is 9.46. The molecule has 2 N–H and O–H groups in total. The molecule has 0 spiro atoms. The van der Waals surface area contributed by atoms with Gasteiger partial charge in [-0.15, -0.1) is 11.3 Å². The molecular formula is C11H7ClN4O2S. The second-order valence-electron chi connectivity index (χ2n) is 3.18. The van der Waals surface area contributed by atoms with Gasteiger partial charge in [0.15, 0.2) is 11.8 Å². The lowest BCUT2D eigenvalue weighted by Crippen LogP contribution is -2.12. The number of amides is 1. The highest BCUT2D eigenvalue weighted by atomic mass is 35.5. The summed E-state index contributed by atoms with van der Waals surface area (Å²) in [6.07, 6.45) is 3.83. The van der Waals surface area contributed by atoms with E-state index in [4.69, 9.17) is 17.3 Å². The summed E-state index contributed by atoms with van der Waals surface area (Å²) in [6, 6.07) is 0. The van der Waals surface area contributed by atoms with Crippen LogP contribution in [0.2, 0.25) is 5.15 Å². The van der Waals surface area contributed by atoms with Crippen LogP contribution in [0.4, 0.5) is 4.79 Å². The quantitative estimate of drug-likeness (QED) is 0.851. The minimum atomic E-state index is -0.869. The average Bonchev–Trinajstić information content (AvgIpc) is 2.77. The van der Waals surface area contributed by atoms with E-state index in [9.17, 15) is 4.79 Å². The molecule has 1 amide bonds. The van der Waals surface area contributed by atoms with Crippen LogP contribution in [0.15, 0.2) is 18.7 Å². The molecule has 2 aromatic rings. The van der Waals surface area contributed by atoms with Gasteiger partial charge < -0.3 is 10.5 Å². The Balaban J connectivity index is 2.15. The molecule has 0 aliphatic rings. The number of halogens is 1. The largest absolute Gasteiger partial charge is 0.437 e. The van der Waals surface area contributed by atoms with Gasteiger partial charge >= 0.3 is 6.09 Å². The number of hydrogen-bond donors (Lipinski definition) is 1. The van der Waals surface area contributed by atoms with Crippen molar-refractivity contribution >= 4 is 29.0 Å². The third-order valence-corrected chi connectivity index (χ3v) is 3.29. The van der Waals surface area contributed by atoms with E-state index >= 15 is 0 Å². The fraction of sp³-hybridized carbons (Fsp3) is 0.0909. The van der Waals surface area contributed by atoms with Crippen LogP contribution in [0.5, 0.6) is 0 Å². The lowest BCUT2D eigenvalue weighted by molar-refractivity contribution is 0.171. The molecule has 2 rings (SSSR count). The van der Waals surface area contributed by atoms with Crippen LogP contribution in [0.3, 0.4) is 0 Å². The summed E-state index contributed by atoms with van der Waals surface area (Å²) in [5, 5.41) is 0.959. The Kier molecular flexibility index (Phi) is 4.28. The molecule has 0 radical (unpaired) electrons. The summed E-state index contributed by atoms with van der Waals surface area (Å²) in [7, 11) is 0. The van der Waals surface area contributed by atoms with Crippen LogP contribution in [-0.4, -0.2) is 27.7 Å². The van der Waals surface area contributed by atoms with E-state index in [2.05, 4.69) is 31.5 Å². The Labute approximate surface area is 117 Å². The maximum Gasteiger partial charge on any atom is 0.405 e. The number of aromatic nitrogens is 3. The zero-order chi connectivity index (χ0) is 13.7. The predicted octanol–water partition coefficient (Wildman–Crippen LogP) is 1.70. The Bertz CT molecular complexity index is 648. The van der Waals surface area contributed by atoms with Gasteiger partial charge in [-0.1, -0.05) is 17.5 Å². The maximum atomic E-state index is 10.3. The summed E-state index contributed by atoms with van der Waals surface area (Å²) >= 11 is 7.26. The van der Waals surface area contributed by atoms with Crippen LogP contribution < -0.4 is 5.73 Å². The molecule has 0 fully saturated rings. The minimum Gasteiger partial charge on any atom is -0.437 e. The van der Waals surface area contributed by atoms with Gasteiger partial charge in [0.25, 0.3) is 0 Å². The van der Waals surface area contributed by atoms with Crippen molar-refractivity contribution in [2.45, 2.75) is 0 Å². The molecule has 0 atom stereocenters. The normalized spacial score (nSPS) is 9.53. The molecule has 0 bridgehead atoms. The number of ether oxygens (including phenoxy) is 1. The van der Waals surface area contributed by atoms with Crippen LogP contribution in [0.1, 0.15) is 4.88 Å². The smallest absolute Gasteiger partial charge is 0.405 e. The van der Waals surface area contributed by atoms with Crippen LogP contribution >= 0.6 is 22.9 Å². The molecule has 0 aromatic carbocycles. The fourth-order valence-corrected chi connectivity index (χ4v) is 2.24. The number of primary amides is 1. The van der Waals surface area contributed by atoms with Crippen molar-refractivity contribution in [3.63, 3.8) is 0 Å². The van der Waals surface area contributed by atoms with Crippen molar-refractivity contribution in [2.75, 3.05) is 6.61 Å². The van der Waals surface area contributed by atoms with Crippen molar-refractivity contribution in [1.29, 1.82) is 0 Å². The zero-order valence-corrected chi connectivity index (χ0v) is 11.0. The standard InChI is InChI=1S/C11H7ClN4O2S/c12-9-8(2-1-3-18-11(13)17)19-10(16-9)7-4-14-6-15-5-7/h4-6H,3H2,(H2,13,17). The minimum absolute atomic E-state index is 0.0899. The monoisotopic (exact) mass is 294 g/mol. The molecule has 6 nitrogen and oxygen atoms in total. The second-order valence-corrected chi connectivity index (χ2v) is 4.53. The summed E-state index contributed by atoms with van der Waals surface area (Å²) in [5.74, 6) is 5.38. The Hall–Kier alpha value is -2.17. The van der Waals surface area contributed by atoms with Crippen molar-refractivity contribution in [3.05, 3.63) is 28.8 Å². The van der Waals surface area contributed by atoms with Crippen LogP contribution in [-0.2, 0) is 4.74 Å². The van der Waals surface area contributed by atoms with Gasteiger partial charge in [0, 0.05) is 18.0 Å². The second kappa shape index (κ2) is 6.13. The Morgan fingerprint density at radius 2 is 2.21 bits per heavy atom. The number of carbonyl (C=O) groups excluding carboxylic acids is 1. The summed E-state index contributed by atoms with van der Waals surface area (Å²) < 4.78 is 4.48. The van der Waals surface area contributed by atoms with Crippen LogP contribution in [0.25, 0.3) is 10.6 Å². The molecule has 0 saturated carbocycles. The van der Waals surface area contributed by atoms with Gasteiger partial charge in [0.05, 0.1) is 0 Å². The summed E-state index contributed by atoms with van der Waals surface area (Å²) in [6.45, 7) is -0.0899. The third-order valence-electron chi connectivity index (χ3n) is 1.88. The molecule has 0 saturated heterocycles. The van der Waals surface area contributed by atoms with E-state index in [-0.39, 0.29) is 11.8 Å². The summed E-state index contributed by atoms with van der Waals surface area (Å²) in [4.78, 5) is 22.9. The highest BCUT2D eigenvalue weighted by Gasteiger charge is 2.09. The summed E-state index contributed by atoms with van der Waals surface area (Å²) in [5.41, 5.74) is 5.56. The lowest BCUT2D eigenvalue weighted by Gasteiger charge is -1.91. The van der Waals surface area contributed by atoms with E-state index in [1.54, 1.807) is 12.4 Å². The Morgan fingerprint density at radius 3 is 2.89 bits per heavy atom. The van der Waals surface area contributed by atoms with E-state index in [1.165, 1.54) is 17.7 Å². The van der Waals surface area contributed by atoms with Crippen molar-refractivity contribution in [2.24, 2.45) is 5.73 Å². The molecule has 19 heavy (non-hydrogen) atoms. The van der Waals surface area contributed by atoms with Crippen molar-refractivity contribution in [1.82, 2.24) is 15.0 Å². The Morgan fingerprint density at radius 1 is 1.47 bits per heavy atom. The van der Waals surface area contributed by atoms with E-state index in [0.717, 1.165) is 5.56 Å². The van der Waals surface area contributed by atoms with Gasteiger partial charge in [-0.2, -0.15) is 0 Å². The third kappa shape index (κ3) is 3.64. The molecular weight excluding hydrogens is 288 g/mol. The van der Waals surface area contributed by atoms with Gasteiger partial charge in [-0.25, -0.2) is 19.7 Å². The maximum absolute atomic E-state index is 10.3. The number of nitrogens with zero attached hydrogens (tertiary/aromatic N) is 3. The first-order valence-electron chi connectivity index (χ1n) is 4.99. The van der Waals surface area contributed by atoms with E-state index < -0.39 is 6.09 Å². The van der Waals surface area contributed by atoms with E-state index in [1.807, 2.05) is 0 Å². The van der Waals surface area contributed by atoms with Gasteiger partial charge in [-0.05, 0) is 5.92 Å².